The van der Waals surface area contributed by atoms with Gasteiger partial charge in [0.05, 0.1) is 24.8 Å². The standard InChI is InChI=1S/C14H20N4O2S/c1-2-18-4-5-20-10(9-18)7-15-8-12-16-11-3-6-21-13(11)14(19)17-12/h3,6,10,15H,2,4-5,7-9H2,1H3,(H,16,17,19). The van der Waals surface area contributed by atoms with Crippen LogP contribution in [0.3, 0.4) is 0 Å². The third kappa shape index (κ3) is 3.49. The summed E-state index contributed by atoms with van der Waals surface area (Å²) in [5, 5.41) is 5.21. The average Bonchev–Trinajstić information content (AvgIpc) is 2.96. The fraction of sp³-hybridized carbons (Fsp3) is 0.571. The molecule has 1 unspecified atom stereocenters. The Labute approximate surface area is 127 Å². The van der Waals surface area contributed by atoms with E-state index in [2.05, 4.69) is 27.1 Å². The molecule has 1 aliphatic heterocycles. The van der Waals surface area contributed by atoms with E-state index < -0.39 is 0 Å². The molecule has 0 bridgehead atoms. The predicted octanol–water partition coefficient (Wildman–Crippen LogP) is 0.795. The van der Waals surface area contributed by atoms with Crippen LogP contribution in [0.2, 0.25) is 0 Å². The Morgan fingerprint density at radius 2 is 2.52 bits per heavy atom. The second kappa shape index (κ2) is 6.65. The van der Waals surface area contributed by atoms with Gasteiger partial charge in [-0.25, -0.2) is 4.98 Å². The van der Waals surface area contributed by atoms with Crippen LogP contribution in [0.25, 0.3) is 10.2 Å². The Morgan fingerprint density at radius 3 is 3.38 bits per heavy atom. The number of hydrogen-bond donors (Lipinski definition) is 2. The summed E-state index contributed by atoms with van der Waals surface area (Å²) >= 11 is 1.42. The number of thiophene rings is 1. The molecule has 0 radical (unpaired) electrons. The van der Waals surface area contributed by atoms with Crippen LogP contribution in [0.15, 0.2) is 16.2 Å². The lowest BCUT2D eigenvalue weighted by Crippen LogP contribution is -2.46. The van der Waals surface area contributed by atoms with Crippen LogP contribution in [-0.2, 0) is 11.3 Å². The number of rotatable bonds is 5. The van der Waals surface area contributed by atoms with Crippen LogP contribution in [0, 0.1) is 0 Å². The molecule has 2 aromatic heterocycles. The summed E-state index contributed by atoms with van der Waals surface area (Å²) in [6.45, 7) is 7.29. The lowest BCUT2D eigenvalue weighted by Gasteiger charge is -2.32. The summed E-state index contributed by atoms with van der Waals surface area (Å²) in [5.74, 6) is 0.675. The number of nitrogens with one attached hydrogen (secondary N) is 2. The summed E-state index contributed by atoms with van der Waals surface area (Å²) in [6, 6.07) is 1.88. The van der Waals surface area contributed by atoms with Gasteiger partial charge in [-0.2, -0.15) is 0 Å². The molecule has 1 fully saturated rings. The Balaban J connectivity index is 1.55. The number of nitrogens with zero attached hydrogens (tertiary/aromatic N) is 2. The Bertz CT molecular complexity index is 654. The maximum Gasteiger partial charge on any atom is 0.268 e. The largest absolute Gasteiger partial charge is 0.374 e. The minimum atomic E-state index is -0.0575. The van der Waals surface area contributed by atoms with Gasteiger partial charge >= 0.3 is 0 Å². The smallest absolute Gasteiger partial charge is 0.268 e. The maximum absolute atomic E-state index is 11.9. The summed E-state index contributed by atoms with van der Waals surface area (Å²) in [5.41, 5.74) is 0.712. The first-order chi connectivity index (χ1) is 10.3. The fourth-order valence-electron chi connectivity index (χ4n) is 2.55. The number of H-pyrrole nitrogens is 1. The molecule has 114 valence electrons. The lowest BCUT2D eigenvalue weighted by molar-refractivity contribution is -0.0254. The second-order valence-electron chi connectivity index (χ2n) is 5.16. The molecule has 0 aromatic carbocycles. The third-order valence-electron chi connectivity index (χ3n) is 3.70. The van der Waals surface area contributed by atoms with Crippen molar-refractivity contribution in [1.29, 1.82) is 0 Å². The van der Waals surface area contributed by atoms with Gasteiger partial charge in [0.1, 0.15) is 10.5 Å². The minimum Gasteiger partial charge on any atom is -0.374 e. The molecule has 3 heterocycles. The first-order valence-corrected chi connectivity index (χ1v) is 8.15. The van der Waals surface area contributed by atoms with Crippen LogP contribution >= 0.6 is 11.3 Å². The van der Waals surface area contributed by atoms with Crippen molar-refractivity contribution in [3.05, 3.63) is 27.6 Å². The van der Waals surface area contributed by atoms with Gasteiger partial charge in [0.2, 0.25) is 0 Å². The number of morpholine rings is 1. The van der Waals surface area contributed by atoms with Crippen molar-refractivity contribution in [2.75, 3.05) is 32.8 Å². The van der Waals surface area contributed by atoms with Gasteiger partial charge in [-0.1, -0.05) is 6.92 Å². The van der Waals surface area contributed by atoms with Gasteiger partial charge in [0, 0.05) is 19.6 Å². The zero-order valence-electron chi connectivity index (χ0n) is 12.1. The summed E-state index contributed by atoms with van der Waals surface area (Å²) in [4.78, 5) is 21.5. The van der Waals surface area contributed by atoms with Gasteiger partial charge in [-0.05, 0) is 18.0 Å². The highest BCUT2D eigenvalue weighted by atomic mass is 32.1. The van der Waals surface area contributed by atoms with Crippen molar-refractivity contribution < 1.29 is 4.74 Å². The first-order valence-electron chi connectivity index (χ1n) is 7.27. The van der Waals surface area contributed by atoms with E-state index in [4.69, 9.17) is 4.74 Å². The van der Waals surface area contributed by atoms with Crippen molar-refractivity contribution in [3.63, 3.8) is 0 Å². The van der Waals surface area contributed by atoms with Gasteiger partial charge in [-0.15, -0.1) is 11.3 Å². The molecule has 21 heavy (non-hydrogen) atoms. The number of aromatic amines is 1. The highest BCUT2D eigenvalue weighted by molar-refractivity contribution is 7.17. The van der Waals surface area contributed by atoms with E-state index in [9.17, 15) is 4.79 Å². The fourth-order valence-corrected chi connectivity index (χ4v) is 3.27. The molecule has 7 heteroatoms. The number of ether oxygens (including phenoxy) is 1. The Hall–Kier alpha value is -1.28. The first kappa shape index (κ1) is 14.6. The minimum absolute atomic E-state index is 0.0575. The molecule has 2 N–H and O–H groups in total. The van der Waals surface area contributed by atoms with Crippen LogP contribution in [0.5, 0.6) is 0 Å². The van der Waals surface area contributed by atoms with E-state index in [1.54, 1.807) is 0 Å². The second-order valence-corrected chi connectivity index (χ2v) is 6.08. The van der Waals surface area contributed by atoms with Gasteiger partial charge in [-0.3, -0.25) is 9.69 Å². The van der Waals surface area contributed by atoms with E-state index >= 15 is 0 Å². The SMILES string of the molecule is CCN1CCOC(CNCc2nc3ccsc3c(=O)[nH]2)C1. The molecule has 1 aliphatic rings. The molecule has 0 amide bonds. The van der Waals surface area contributed by atoms with Crippen molar-refractivity contribution in [2.24, 2.45) is 0 Å². The van der Waals surface area contributed by atoms with E-state index in [0.29, 0.717) is 17.1 Å². The number of hydrogen-bond acceptors (Lipinski definition) is 6. The van der Waals surface area contributed by atoms with Gasteiger partial charge in [0.25, 0.3) is 5.56 Å². The highest BCUT2D eigenvalue weighted by Crippen LogP contribution is 2.13. The van der Waals surface area contributed by atoms with E-state index in [1.807, 2.05) is 11.4 Å². The van der Waals surface area contributed by atoms with E-state index in [0.717, 1.165) is 38.3 Å². The molecule has 0 saturated carbocycles. The van der Waals surface area contributed by atoms with Crippen molar-refractivity contribution in [1.82, 2.24) is 20.2 Å². The summed E-state index contributed by atoms with van der Waals surface area (Å²) in [7, 11) is 0. The lowest BCUT2D eigenvalue weighted by atomic mass is 10.2. The number of likely N-dealkylation sites (N-methyl/N-ethyl adjacent to an activating group) is 1. The Kier molecular flexibility index (Phi) is 4.64. The zero-order chi connectivity index (χ0) is 14.7. The van der Waals surface area contributed by atoms with Gasteiger partial charge in [0.15, 0.2) is 0 Å². The Morgan fingerprint density at radius 1 is 1.62 bits per heavy atom. The summed E-state index contributed by atoms with van der Waals surface area (Å²) < 4.78 is 6.42. The monoisotopic (exact) mass is 308 g/mol. The molecular weight excluding hydrogens is 288 g/mol. The third-order valence-corrected chi connectivity index (χ3v) is 4.60. The maximum atomic E-state index is 11.9. The molecule has 1 atom stereocenters. The van der Waals surface area contributed by atoms with Crippen LogP contribution in [0.4, 0.5) is 0 Å². The highest BCUT2D eigenvalue weighted by Gasteiger charge is 2.18. The predicted molar refractivity (Wildman–Crippen MR) is 83.8 cm³/mol. The molecule has 3 rings (SSSR count). The topological polar surface area (TPSA) is 70.2 Å². The summed E-state index contributed by atoms with van der Waals surface area (Å²) in [6.07, 6.45) is 0.204. The van der Waals surface area contributed by atoms with Crippen molar-refractivity contribution in [2.45, 2.75) is 19.6 Å². The normalized spacial score (nSPS) is 20.1. The molecule has 6 nitrogen and oxygen atoms in total. The van der Waals surface area contributed by atoms with Crippen LogP contribution in [-0.4, -0.2) is 53.8 Å². The van der Waals surface area contributed by atoms with Crippen molar-refractivity contribution in [3.8, 4) is 0 Å². The van der Waals surface area contributed by atoms with Gasteiger partial charge < -0.3 is 15.0 Å². The number of aromatic nitrogens is 2. The number of fused-ring (bicyclic) bond motifs is 1. The quantitative estimate of drug-likeness (QED) is 0.855. The molecule has 1 saturated heterocycles. The average molecular weight is 308 g/mol. The zero-order valence-corrected chi connectivity index (χ0v) is 12.9. The molecule has 0 aliphatic carbocycles. The molecule has 2 aromatic rings. The van der Waals surface area contributed by atoms with Crippen LogP contribution < -0.4 is 10.9 Å². The molecule has 0 spiro atoms. The van der Waals surface area contributed by atoms with E-state index in [1.165, 1.54) is 11.3 Å². The molecular formula is C14H20N4O2S. The van der Waals surface area contributed by atoms with Crippen LogP contribution in [0.1, 0.15) is 12.7 Å². The van der Waals surface area contributed by atoms with E-state index in [-0.39, 0.29) is 11.7 Å². The van der Waals surface area contributed by atoms with Crippen molar-refractivity contribution >= 4 is 21.6 Å².